The van der Waals surface area contributed by atoms with Gasteiger partial charge in [-0.1, -0.05) is 11.6 Å². The number of amides is 1. The Morgan fingerprint density at radius 2 is 1.86 bits per heavy atom. The number of piperazine rings is 1. The minimum atomic E-state index is -0.249. The average Bonchev–Trinajstić information content (AvgIpc) is 2.49. The van der Waals surface area contributed by atoms with Crippen LogP contribution in [0.2, 0.25) is 5.02 Å². The maximum absolute atomic E-state index is 12.5. The van der Waals surface area contributed by atoms with Gasteiger partial charge in [0.25, 0.3) is 5.91 Å². The van der Waals surface area contributed by atoms with Crippen molar-refractivity contribution in [2.75, 3.05) is 33.2 Å². The summed E-state index contributed by atoms with van der Waals surface area (Å²) in [6.45, 7) is 4.74. The van der Waals surface area contributed by atoms with Crippen molar-refractivity contribution in [1.29, 1.82) is 0 Å². The summed E-state index contributed by atoms with van der Waals surface area (Å²) >= 11 is 6.04. The van der Waals surface area contributed by atoms with Crippen molar-refractivity contribution in [3.8, 4) is 0 Å². The fourth-order valence-electron chi connectivity index (χ4n) is 2.55. The molecule has 0 unspecified atom stereocenters. The molecule has 1 saturated heterocycles. The molecule has 0 radical (unpaired) electrons. The van der Waals surface area contributed by atoms with Crippen molar-refractivity contribution in [2.24, 2.45) is 0 Å². The van der Waals surface area contributed by atoms with Crippen LogP contribution in [0.25, 0.3) is 11.0 Å². The number of likely N-dealkylation sites (N-methyl/N-ethyl adjacent to an activating group) is 1. The van der Waals surface area contributed by atoms with Crippen LogP contribution in [0.1, 0.15) is 16.1 Å². The van der Waals surface area contributed by atoms with Crippen molar-refractivity contribution in [2.45, 2.75) is 6.92 Å². The third-order valence-corrected chi connectivity index (χ3v) is 4.42. The summed E-state index contributed by atoms with van der Waals surface area (Å²) < 4.78 is 5.66. The smallest absolute Gasteiger partial charge is 0.289 e. The molecule has 1 aromatic carbocycles. The van der Waals surface area contributed by atoms with Gasteiger partial charge in [0, 0.05) is 37.3 Å². The summed E-state index contributed by atoms with van der Waals surface area (Å²) in [7, 11) is 2.02. The van der Waals surface area contributed by atoms with Gasteiger partial charge in [-0.05, 0) is 31.7 Å². The SMILES string of the molecule is Cc1cc2oc(C(=O)N3CCN(C)CC3)cc(=O)c2cc1Cl. The van der Waals surface area contributed by atoms with E-state index in [0.717, 1.165) is 18.7 Å². The van der Waals surface area contributed by atoms with Crippen molar-refractivity contribution >= 4 is 28.5 Å². The molecule has 22 heavy (non-hydrogen) atoms. The maximum Gasteiger partial charge on any atom is 0.289 e. The summed E-state index contributed by atoms with van der Waals surface area (Å²) in [6.07, 6.45) is 0. The van der Waals surface area contributed by atoms with E-state index < -0.39 is 0 Å². The largest absolute Gasteiger partial charge is 0.451 e. The number of aryl methyl sites for hydroxylation is 1. The highest BCUT2D eigenvalue weighted by atomic mass is 35.5. The molecule has 1 fully saturated rings. The first-order valence-corrected chi connectivity index (χ1v) is 7.55. The van der Waals surface area contributed by atoms with E-state index in [9.17, 15) is 9.59 Å². The number of carbonyl (C=O) groups excluding carboxylic acids is 1. The zero-order chi connectivity index (χ0) is 15.9. The molecule has 0 saturated carbocycles. The van der Waals surface area contributed by atoms with Gasteiger partial charge in [-0.2, -0.15) is 0 Å². The lowest BCUT2D eigenvalue weighted by Crippen LogP contribution is -2.47. The topological polar surface area (TPSA) is 53.8 Å². The zero-order valence-electron chi connectivity index (χ0n) is 12.6. The lowest BCUT2D eigenvalue weighted by molar-refractivity contribution is 0.0633. The summed E-state index contributed by atoms with van der Waals surface area (Å²) in [5, 5.41) is 0.906. The third kappa shape index (κ3) is 2.74. The third-order valence-electron chi connectivity index (χ3n) is 4.01. The fourth-order valence-corrected chi connectivity index (χ4v) is 2.71. The second kappa shape index (κ2) is 5.74. The lowest BCUT2D eigenvalue weighted by atomic mass is 10.1. The van der Waals surface area contributed by atoms with Crippen LogP contribution < -0.4 is 5.43 Å². The number of hydrogen-bond acceptors (Lipinski definition) is 4. The maximum atomic E-state index is 12.5. The molecule has 1 amide bonds. The predicted molar refractivity (Wildman–Crippen MR) is 85.6 cm³/mol. The molecule has 5 nitrogen and oxygen atoms in total. The number of rotatable bonds is 1. The van der Waals surface area contributed by atoms with Crippen molar-refractivity contribution in [1.82, 2.24) is 9.80 Å². The number of carbonyl (C=O) groups is 1. The molecule has 1 aliphatic heterocycles. The summed E-state index contributed by atoms with van der Waals surface area (Å²) in [5.41, 5.74) is 0.953. The monoisotopic (exact) mass is 320 g/mol. The number of benzene rings is 1. The quantitative estimate of drug-likeness (QED) is 0.808. The molecule has 6 heteroatoms. The number of fused-ring (bicyclic) bond motifs is 1. The van der Waals surface area contributed by atoms with Gasteiger partial charge in [-0.25, -0.2) is 0 Å². The highest BCUT2D eigenvalue weighted by Crippen LogP contribution is 2.22. The van der Waals surface area contributed by atoms with Gasteiger partial charge < -0.3 is 14.2 Å². The first-order valence-electron chi connectivity index (χ1n) is 7.17. The van der Waals surface area contributed by atoms with E-state index in [4.69, 9.17) is 16.0 Å². The molecule has 2 heterocycles. The zero-order valence-corrected chi connectivity index (χ0v) is 13.3. The van der Waals surface area contributed by atoms with E-state index in [1.54, 1.807) is 17.0 Å². The van der Waals surface area contributed by atoms with Crippen LogP contribution in [0, 0.1) is 6.92 Å². The van der Waals surface area contributed by atoms with Crippen LogP contribution >= 0.6 is 11.6 Å². The van der Waals surface area contributed by atoms with Crippen LogP contribution in [0.3, 0.4) is 0 Å². The Morgan fingerprint density at radius 1 is 1.18 bits per heavy atom. The van der Waals surface area contributed by atoms with Crippen molar-refractivity contribution in [3.05, 3.63) is 44.8 Å². The minimum Gasteiger partial charge on any atom is -0.451 e. The number of halogens is 1. The molecule has 1 aliphatic rings. The Labute approximate surface area is 133 Å². The first-order chi connectivity index (χ1) is 10.5. The number of nitrogens with zero attached hydrogens (tertiary/aromatic N) is 2. The highest BCUT2D eigenvalue weighted by molar-refractivity contribution is 6.32. The standard InChI is InChI=1S/C16H17ClN2O3/c1-10-7-14-11(8-12(10)17)13(20)9-15(22-14)16(21)19-5-3-18(2)4-6-19/h7-9H,3-6H2,1-2H3. The molecule has 2 aromatic rings. The summed E-state index contributed by atoms with van der Waals surface area (Å²) in [4.78, 5) is 28.6. The van der Waals surface area contributed by atoms with Crippen LogP contribution in [-0.2, 0) is 0 Å². The Morgan fingerprint density at radius 3 is 2.55 bits per heavy atom. The van der Waals surface area contributed by atoms with Crippen molar-refractivity contribution < 1.29 is 9.21 Å². The Kier molecular flexibility index (Phi) is 3.93. The van der Waals surface area contributed by atoms with Crippen LogP contribution in [0.15, 0.2) is 27.4 Å². The van der Waals surface area contributed by atoms with Gasteiger partial charge in [-0.3, -0.25) is 9.59 Å². The molecule has 0 bridgehead atoms. The van der Waals surface area contributed by atoms with E-state index in [1.165, 1.54) is 6.07 Å². The van der Waals surface area contributed by atoms with Gasteiger partial charge in [0.2, 0.25) is 0 Å². The molecule has 0 N–H and O–H groups in total. The lowest BCUT2D eigenvalue weighted by Gasteiger charge is -2.31. The van der Waals surface area contributed by atoms with E-state index >= 15 is 0 Å². The summed E-state index contributed by atoms with van der Waals surface area (Å²) in [6, 6.07) is 4.54. The summed E-state index contributed by atoms with van der Waals surface area (Å²) in [5.74, 6) is -0.150. The van der Waals surface area contributed by atoms with Gasteiger partial charge in [0.15, 0.2) is 11.2 Å². The van der Waals surface area contributed by atoms with Crippen LogP contribution in [-0.4, -0.2) is 48.9 Å². The second-order valence-electron chi connectivity index (χ2n) is 5.67. The first kappa shape index (κ1) is 15.1. The molecule has 1 aromatic heterocycles. The van der Waals surface area contributed by atoms with E-state index in [-0.39, 0.29) is 17.1 Å². The molecule has 0 spiro atoms. The van der Waals surface area contributed by atoms with Crippen LogP contribution in [0.5, 0.6) is 0 Å². The Hall–Kier alpha value is -1.85. The van der Waals surface area contributed by atoms with E-state index in [0.29, 0.717) is 29.1 Å². The van der Waals surface area contributed by atoms with Gasteiger partial charge >= 0.3 is 0 Å². The molecule has 3 rings (SSSR count). The molecule has 0 aliphatic carbocycles. The van der Waals surface area contributed by atoms with E-state index in [2.05, 4.69) is 4.90 Å². The Bertz CT molecular complexity index is 792. The van der Waals surface area contributed by atoms with Crippen LogP contribution in [0.4, 0.5) is 0 Å². The van der Waals surface area contributed by atoms with Gasteiger partial charge in [0.05, 0.1) is 5.39 Å². The highest BCUT2D eigenvalue weighted by Gasteiger charge is 2.23. The van der Waals surface area contributed by atoms with E-state index in [1.807, 2.05) is 14.0 Å². The van der Waals surface area contributed by atoms with Gasteiger partial charge in [-0.15, -0.1) is 0 Å². The van der Waals surface area contributed by atoms with Crippen molar-refractivity contribution in [3.63, 3.8) is 0 Å². The minimum absolute atomic E-state index is 0.0868. The Balaban J connectivity index is 1.99. The normalized spacial score (nSPS) is 16.2. The molecular formula is C16H17ClN2O3. The number of hydrogen-bond donors (Lipinski definition) is 0. The molecular weight excluding hydrogens is 304 g/mol. The predicted octanol–water partition coefficient (Wildman–Crippen LogP) is 2.14. The fraction of sp³-hybridized carbons (Fsp3) is 0.375. The second-order valence-corrected chi connectivity index (χ2v) is 6.08. The molecule has 116 valence electrons. The average molecular weight is 321 g/mol. The molecule has 0 atom stereocenters. The van der Waals surface area contributed by atoms with Gasteiger partial charge in [0.1, 0.15) is 5.58 Å².